The SMILES string of the molecule is CCNC(=O)c1sc(NCC2(C(C)C)CC2)cc1N. The normalized spacial score (nSPS) is 16.4. The molecule has 1 aliphatic rings. The van der Waals surface area contributed by atoms with E-state index in [9.17, 15) is 4.79 Å². The van der Waals surface area contributed by atoms with Gasteiger partial charge in [-0.25, -0.2) is 0 Å². The van der Waals surface area contributed by atoms with E-state index in [4.69, 9.17) is 5.73 Å². The maximum atomic E-state index is 11.8. The first-order valence-electron chi connectivity index (χ1n) is 6.90. The molecule has 0 saturated heterocycles. The van der Waals surface area contributed by atoms with Gasteiger partial charge in [-0.1, -0.05) is 13.8 Å². The molecule has 0 unspecified atom stereocenters. The number of carbonyl (C=O) groups is 1. The maximum Gasteiger partial charge on any atom is 0.263 e. The second-order valence-electron chi connectivity index (χ2n) is 5.63. The fourth-order valence-corrected chi connectivity index (χ4v) is 3.18. The van der Waals surface area contributed by atoms with Gasteiger partial charge >= 0.3 is 0 Å². The van der Waals surface area contributed by atoms with E-state index in [2.05, 4.69) is 24.5 Å². The molecule has 4 N–H and O–H groups in total. The zero-order valence-corrected chi connectivity index (χ0v) is 12.7. The van der Waals surface area contributed by atoms with Gasteiger partial charge in [0.05, 0.1) is 10.7 Å². The minimum absolute atomic E-state index is 0.0805. The quantitative estimate of drug-likeness (QED) is 0.751. The van der Waals surface area contributed by atoms with E-state index in [-0.39, 0.29) is 5.91 Å². The van der Waals surface area contributed by atoms with E-state index in [0.717, 1.165) is 11.5 Å². The first-order chi connectivity index (χ1) is 8.98. The first-order valence-corrected chi connectivity index (χ1v) is 7.71. The standard InChI is InChI=1S/C14H23N3OS/c1-4-16-13(18)12-10(15)7-11(19-12)17-8-14(5-6-14)9(2)3/h7,9,17H,4-6,8,15H2,1-3H3,(H,16,18). The van der Waals surface area contributed by atoms with E-state index in [1.165, 1.54) is 24.2 Å². The van der Waals surface area contributed by atoms with Crippen molar-refractivity contribution in [3.8, 4) is 0 Å². The summed E-state index contributed by atoms with van der Waals surface area (Å²) in [5, 5.41) is 7.22. The van der Waals surface area contributed by atoms with Crippen LogP contribution < -0.4 is 16.4 Å². The van der Waals surface area contributed by atoms with Crippen LogP contribution >= 0.6 is 11.3 Å². The molecule has 2 rings (SSSR count). The molecule has 1 aromatic rings. The Balaban J connectivity index is 1.99. The van der Waals surface area contributed by atoms with Crippen molar-refractivity contribution in [3.63, 3.8) is 0 Å². The molecule has 19 heavy (non-hydrogen) atoms. The molecule has 4 nitrogen and oxygen atoms in total. The summed E-state index contributed by atoms with van der Waals surface area (Å²) in [6, 6.07) is 1.87. The second-order valence-corrected chi connectivity index (χ2v) is 6.68. The predicted octanol–water partition coefficient (Wildman–Crippen LogP) is 2.93. The molecule has 0 radical (unpaired) electrons. The van der Waals surface area contributed by atoms with Crippen molar-refractivity contribution in [2.24, 2.45) is 11.3 Å². The van der Waals surface area contributed by atoms with Crippen molar-refractivity contribution in [1.82, 2.24) is 5.32 Å². The van der Waals surface area contributed by atoms with Crippen LogP contribution in [0.2, 0.25) is 0 Å². The molecule has 1 saturated carbocycles. The Morgan fingerprint density at radius 1 is 1.53 bits per heavy atom. The highest BCUT2D eigenvalue weighted by Gasteiger charge is 2.44. The van der Waals surface area contributed by atoms with Gasteiger partial charge in [0, 0.05) is 13.1 Å². The number of nitrogen functional groups attached to an aromatic ring is 1. The molecule has 1 aromatic heterocycles. The highest BCUT2D eigenvalue weighted by molar-refractivity contribution is 7.18. The third-order valence-corrected chi connectivity index (χ3v) is 5.14. The van der Waals surface area contributed by atoms with Gasteiger partial charge in [0.2, 0.25) is 0 Å². The highest BCUT2D eigenvalue weighted by atomic mass is 32.1. The van der Waals surface area contributed by atoms with Gasteiger partial charge in [-0.15, -0.1) is 11.3 Å². The molecule has 106 valence electrons. The van der Waals surface area contributed by atoms with Crippen LogP contribution in [0.3, 0.4) is 0 Å². The largest absolute Gasteiger partial charge is 0.397 e. The molecule has 1 aliphatic carbocycles. The van der Waals surface area contributed by atoms with E-state index >= 15 is 0 Å². The molecule has 0 spiro atoms. The topological polar surface area (TPSA) is 67.2 Å². The van der Waals surface area contributed by atoms with Crippen molar-refractivity contribution < 1.29 is 4.79 Å². The summed E-state index contributed by atoms with van der Waals surface area (Å²) in [7, 11) is 0. The predicted molar refractivity (Wildman–Crippen MR) is 81.7 cm³/mol. The number of thiophene rings is 1. The van der Waals surface area contributed by atoms with Crippen LogP contribution in [0, 0.1) is 11.3 Å². The molecular weight excluding hydrogens is 258 g/mol. The fourth-order valence-electron chi connectivity index (χ4n) is 2.29. The number of carbonyl (C=O) groups excluding carboxylic acids is 1. The summed E-state index contributed by atoms with van der Waals surface area (Å²) in [6.45, 7) is 8.05. The molecule has 0 aliphatic heterocycles. The number of amides is 1. The zero-order chi connectivity index (χ0) is 14.0. The smallest absolute Gasteiger partial charge is 0.263 e. The highest BCUT2D eigenvalue weighted by Crippen LogP contribution is 2.52. The molecule has 5 heteroatoms. The number of rotatable bonds is 6. The van der Waals surface area contributed by atoms with Crippen LogP contribution in [0.1, 0.15) is 43.3 Å². The molecule has 0 bridgehead atoms. The Hall–Kier alpha value is -1.23. The molecule has 0 aromatic carbocycles. The monoisotopic (exact) mass is 281 g/mol. The van der Waals surface area contributed by atoms with Gasteiger partial charge in [0.25, 0.3) is 5.91 Å². The average Bonchev–Trinajstić information content (AvgIpc) is 3.06. The van der Waals surface area contributed by atoms with Gasteiger partial charge in [-0.3, -0.25) is 4.79 Å². The summed E-state index contributed by atoms with van der Waals surface area (Å²) < 4.78 is 0. The van der Waals surface area contributed by atoms with Gasteiger partial charge < -0.3 is 16.4 Å². The van der Waals surface area contributed by atoms with Crippen LogP contribution in [-0.2, 0) is 0 Å². The molecule has 1 amide bonds. The molecular formula is C14H23N3OS. The van der Waals surface area contributed by atoms with E-state index in [1.54, 1.807) is 0 Å². The summed E-state index contributed by atoms with van der Waals surface area (Å²) >= 11 is 1.44. The van der Waals surface area contributed by atoms with Crippen molar-refractivity contribution in [2.45, 2.75) is 33.6 Å². The Bertz CT molecular complexity index is 463. The van der Waals surface area contributed by atoms with E-state index in [1.807, 2.05) is 13.0 Å². The lowest BCUT2D eigenvalue weighted by Crippen LogP contribution is -2.22. The van der Waals surface area contributed by atoms with Gasteiger partial charge in [0.15, 0.2) is 0 Å². The summed E-state index contributed by atoms with van der Waals surface area (Å²) in [5.41, 5.74) is 6.91. The van der Waals surface area contributed by atoms with Crippen molar-refractivity contribution >= 4 is 27.9 Å². The van der Waals surface area contributed by atoms with Gasteiger partial charge in [-0.2, -0.15) is 0 Å². The molecule has 1 heterocycles. The summed E-state index contributed by atoms with van der Waals surface area (Å²) in [6.07, 6.45) is 2.59. The number of hydrogen-bond acceptors (Lipinski definition) is 4. The summed E-state index contributed by atoms with van der Waals surface area (Å²) in [5.74, 6) is 0.614. The van der Waals surface area contributed by atoms with Gasteiger partial charge in [0.1, 0.15) is 4.88 Å². The molecule has 1 fully saturated rings. The number of hydrogen-bond donors (Lipinski definition) is 3. The second kappa shape index (κ2) is 5.41. The Kier molecular flexibility index (Phi) is 4.04. The number of anilines is 2. The number of nitrogens with two attached hydrogens (primary N) is 1. The Morgan fingerprint density at radius 3 is 2.74 bits per heavy atom. The lowest BCUT2D eigenvalue weighted by atomic mass is 9.92. The van der Waals surface area contributed by atoms with Crippen molar-refractivity contribution in [1.29, 1.82) is 0 Å². The third-order valence-electron chi connectivity index (χ3n) is 4.04. The average molecular weight is 281 g/mol. The van der Waals surface area contributed by atoms with Gasteiger partial charge in [-0.05, 0) is 37.2 Å². The lowest BCUT2D eigenvalue weighted by molar-refractivity contribution is 0.0960. The van der Waals surface area contributed by atoms with Crippen molar-refractivity contribution in [3.05, 3.63) is 10.9 Å². The Morgan fingerprint density at radius 2 is 2.21 bits per heavy atom. The number of nitrogens with one attached hydrogen (secondary N) is 2. The van der Waals surface area contributed by atoms with E-state index in [0.29, 0.717) is 28.4 Å². The van der Waals surface area contributed by atoms with Crippen LogP contribution in [0.15, 0.2) is 6.07 Å². The molecule has 0 atom stereocenters. The minimum Gasteiger partial charge on any atom is -0.397 e. The van der Waals surface area contributed by atoms with Crippen LogP contribution in [-0.4, -0.2) is 19.0 Å². The maximum absolute atomic E-state index is 11.8. The summed E-state index contributed by atoms with van der Waals surface area (Å²) in [4.78, 5) is 12.4. The van der Waals surface area contributed by atoms with E-state index < -0.39 is 0 Å². The first kappa shape index (κ1) is 14.2. The lowest BCUT2D eigenvalue weighted by Gasteiger charge is -2.19. The Labute approximate surface area is 118 Å². The van der Waals surface area contributed by atoms with Crippen LogP contribution in [0.25, 0.3) is 0 Å². The zero-order valence-electron chi connectivity index (χ0n) is 11.9. The minimum atomic E-state index is -0.0805. The third kappa shape index (κ3) is 3.03. The fraction of sp³-hybridized carbons (Fsp3) is 0.643. The van der Waals surface area contributed by atoms with Crippen LogP contribution in [0.4, 0.5) is 10.7 Å². The van der Waals surface area contributed by atoms with Crippen molar-refractivity contribution in [2.75, 3.05) is 24.1 Å². The van der Waals surface area contributed by atoms with Crippen LogP contribution in [0.5, 0.6) is 0 Å².